The van der Waals surface area contributed by atoms with Crippen molar-refractivity contribution < 1.29 is 4.79 Å². The predicted molar refractivity (Wildman–Crippen MR) is 82.3 cm³/mol. The molecule has 2 atom stereocenters. The fraction of sp³-hybridized carbons (Fsp3) is 0.533. The fourth-order valence-electron chi connectivity index (χ4n) is 2.69. The van der Waals surface area contributed by atoms with Gasteiger partial charge in [-0.2, -0.15) is 0 Å². The van der Waals surface area contributed by atoms with E-state index in [0.29, 0.717) is 18.6 Å². The molecule has 1 aromatic rings. The zero-order valence-corrected chi connectivity index (χ0v) is 13.1. The molecule has 1 fully saturated rings. The normalized spacial score (nSPS) is 24.2. The van der Waals surface area contributed by atoms with Gasteiger partial charge in [-0.15, -0.1) is 0 Å². The fourth-order valence-corrected chi connectivity index (χ4v) is 2.95. The number of carbonyl (C=O) groups is 1. The molecule has 1 heterocycles. The molecule has 0 radical (unpaired) electrons. The molecule has 2 rings (SSSR count). The summed E-state index contributed by atoms with van der Waals surface area (Å²) in [6.45, 7) is 4.91. The molecule has 0 spiro atoms. The van der Waals surface area contributed by atoms with E-state index in [4.69, 9.17) is 0 Å². The Kier molecular flexibility index (Phi) is 4.99. The van der Waals surface area contributed by atoms with Crippen LogP contribution < -0.4 is 5.32 Å². The van der Waals surface area contributed by atoms with E-state index in [9.17, 15) is 4.79 Å². The van der Waals surface area contributed by atoms with Crippen LogP contribution in [0.4, 0.5) is 5.69 Å². The monoisotopic (exact) mass is 324 g/mol. The number of anilines is 1. The van der Waals surface area contributed by atoms with Crippen LogP contribution in [0.15, 0.2) is 28.7 Å². The largest absolute Gasteiger partial charge is 0.325 e. The molecule has 104 valence electrons. The van der Waals surface area contributed by atoms with Crippen LogP contribution in [0, 0.1) is 0 Å². The molecule has 4 heteroatoms. The molecule has 1 amide bonds. The third-order valence-electron chi connectivity index (χ3n) is 3.83. The number of rotatable bonds is 3. The minimum absolute atomic E-state index is 0.0722. The molecule has 0 saturated carbocycles. The molecule has 1 saturated heterocycles. The molecule has 19 heavy (non-hydrogen) atoms. The maximum absolute atomic E-state index is 12.1. The Hall–Kier alpha value is -0.870. The Bertz CT molecular complexity index is 422. The van der Waals surface area contributed by atoms with Gasteiger partial charge >= 0.3 is 0 Å². The summed E-state index contributed by atoms with van der Waals surface area (Å²) in [7, 11) is 0. The Morgan fingerprint density at radius 3 is 2.42 bits per heavy atom. The molecule has 1 N–H and O–H groups in total. The van der Waals surface area contributed by atoms with Crippen LogP contribution in [0.25, 0.3) is 0 Å². The van der Waals surface area contributed by atoms with Crippen molar-refractivity contribution in [3.05, 3.63) is 28.7 Å². The van der Waals surface area contributed by atoms with Gasteiger partial charge in [0.15, 0.2) is 0 Å². The molecule has 0 bridgehead atoms. The number of hydrogen-bond acceptors (Lipinski definition) is 2. The van der Waals surface area contributed by atoms with Gasteiger partial charge in [-0.3, -0.25) is 9.69 Å². The lowest BCUT2D eigenvalue weighted by Crippen LogP contribution is -2.47. The van der Waals surface area contributed by atoms with Crippen LogP contribution in [0.1, 0.15) is 33.1 Å². The molecule has 3 nitrogen and oxygen atoms in total. The van der Waals surface area contributed by atoms with Gasteiger partial charge in [0.05, 0.1) is 6.54 Å². The van der Waals surface area contributed by atoms with Crippen molar-refractivity contribution >= 4 is 27.5 Å². The number of piperidine rings is 1. The first kappa shape index (κ1) is 14.5. The molecule has 0 aromatic heterocycles. The van der Waals surface area contributed by atoms with Crippen LogP contribution in [0.2, 0.25) is 0 Å². The summed E-state index contributed by atoms with van der Waals surface area (Å²) >= 11 is 3.39. The summed E-state index contributed by atoms with van der Waals surface area (Å²) < 4.78 is 1.02. The van der Waals surface area contributed by atoms with Gasteiger partial charge in [0.25, 0.3) is 0 Å². The second kappa shape index (κ2) is 6.53. The van der Waals surface area contributed by atoms with Crippen molar-refractivity contribution in [2.75, 3.05) is 11.9 Å². The van der Waals surface area contributed by atoms with E-state index in [1.165, 1.54) is 19.3 Å². The highest BCUT2D eigenvalue weighted by Crippen LogP contribution is 2.22. The van der Waals surface area contributed by atoms with Crippen molar-refractivity contribution in [3.8, 4) is 0 Å². The van der Waals surface area contributed by atoms with Crippen LogP contribution in [0.3, 0.4) is 0 Å². The Labute approximate surface area is 123 Å². The van der Waals surface area contributed by atoms with E-state index >= 15 is 0 Å². The van der Waals surface area contributed by atoms with Crippen molar-refractivity contribution in [1.29, 1.82) is 0 Å². The van der Waals surface area contributed by atoms with E-state index in [2.05, 4.69) is 40.0 Å². The summed E-state index contributed by atoms with van der Waals surface area (Å²) in [6, 6.07) is 8.68. The highest BCUT2D eigenvalue weighted by atomic mass is 79.9. The highest BCUT2D eigenvalue weighted by Gasteiger charge is 2.26. The first-order valence-corrected chi connectivity index (χ1v) is 7.66. The van der Waals surface area contributed by atoms with E-state index < -0.39 is 0 Å². The molecular formula is C15H21BrN2O. The van der Waals surface area contributed by atoms with Crippen molar-refractivity contribution in [3.63, 3.8) is 0 Å². The van der Waals surface area contributed by atoms with E-state index in [1.807, 2.05) is 24.3 Å². The van der Waals surface area contributed by atoms with Crippen molar-refractivity contribution in [1.82, 2.24) is 4.90 Å². The number of nitrogens with one attached hydrogen (secondary N) is 1. The second-order valence-corrected chi connectivity index (χ2v) is 6.27. The standard InChI is InChI=1S/C15H21BrN2O/c1-11-4-3-5-12(2)18(11)10-15(19)17-14-8-6-13(16)7-9-14/h6-9,11-12H,3-5,10H2,1-2H3,(H,17,19). The third-order valence-corrected chi connectivity index (χ3v) is 4.36. The van der Waals surface area contributed by atoms with E-state index in [-0.39, 0.29) is 5.91 Å². The molecule has 1 aliphatic heterocycles. The second-order valence-electron chi connectivity index (χ2n) is 5.36. The Morgan fingerprint density at radius 2 is 1.84 bits per heavy atom. The maximum atomic E-state index is 12.1. The van der Waals surface area contributed by atoms with E-state index in [0.717, 1.165) is 10.2 Å². The first-order valence-electron chi connectivity index (χ1n) is 6.87. The number of carbonyl (C=O) groups excluding carboxylic acids is 1. The molecule has 1 aliphatic rings. The highest BCUT2D eigenvalue weighted by molar-refractivity contribution is 9.10. The van der Waals surface area contributed by atoms with Crippen molar-refractivity contribution in [2.45, 2.75) is 45.2 Å². The van der Waals surface area contributed by atoms with Crippen LogP contribution in [0.5, 0.6) is 0 Å². The van der Waals surface area contributed by atoms with Crippen molar-refractivity contribution in [2.24, 2.45) is 0 Å². The lowest BCUT2D eigenvalue weighted by atomic mass is 9.97. The number of likely N-dealkylation sites (tertiary alicyclic amines) is 1. The minimum Gasteiger partial charge on any atom is -0.325 e. The number of amides is 1. The van der Waals surface area contributed by atoms with E-state index in [1.54, 1.807) is 0 Å². The average Bonchev–Trinajstić information content (AvgIpc) is 2.37. The zero-order chi connectivity index (χ0) is 13.8. The SMILES string of the molecule is CC1CCCC(C)N1CC(=O)Nc1ccc(Br)cc1. The summed E-state index contributed by atoms with van der Waals surface area (Å²) in [6.07, 6.45) is 3.65. The molecular weight excluding hydrogens is 304 g/mol. The maximum Gasteiger partial charge on any atom is 0.238 e. The van der Waals surface area contributed by atoms with Crippen LogP contribution >= 0.6 is 15.9 Å². The van der Waals surface area contributed by atoms with Gasteiger partial charge in [0.2, 0.25) is 5.91 Å². The van der Waals surface area contributed by atoms with Gasteiger partial charge < -0.3 is 5.32 Å². The first-order chi connectivity index (χ1) is 9.06. The smallest absolute Gasteiger partial charge is 0.238 e. The van der Waals surface area contributed by atoms with Gasteiger partial charge in [0, 0.05) is 22.2 Å². The number of nitrogens with zero attached hydrogens (tertiary/aromatic N) is 1. The predicted octanol–water partition coefficient (Wildman–Crippen LogP) is 3.65. The lowest BCUT2D eigenvalue weighted by molar-refractivity contribution is -0.118. The number of hydrogen-bond donors (Lipinski definition) is 1. The summed E-state index contributed by atoms with van der Waals surface area (Å²) in [4.78, 5) is 14.4. The topological polar surface area (TPSA) is 32.3 Å². The summed E-state index contributed by atoms with van der Waals surface area (Å²) in [5, 5.41) is 2.96. The summed E-state index contributed by atoms with van der Waals surface area (Å²) in [5.41, 5.74) is 0.852. The van der Waals surface area contributed by atoms with Crippen LogP contribution in [-0.2, 0) is 4.79 Å². The Balaban J connectivity index is 1.91. The van der Waals surface area contributed by atoms with Crippen LogP contribution in [-0.4, -0.2) is 29.4 Å². The van der Waals surface area contributed by atoms with Gasteiger partial charge in [-0.1, -0.05) is 22.4 Å². The van der Waals surface area contributed by atoms with Gasteiger partial charge in [-0.05, 0) is 51.0 Å². The van der Waals surface area contributed by atoms with Gasteiger partial charge in [0.1, 0.15) is 0 Å². The third kappa shape index (κ3) is 4.05. The minimum atomic E-state index is 0.0722. The number of halogens is 1. The molecule has 0 aliphatic carbocycles. The number of benzene rings is 1. The average molecular weight is 325 g/mol. The Morgan fingerprint density at radius 1 is 1.26 bits per heavy atom. The summed E-state index contributed by atoms with van der Waals surface area (Å²) in [5.74, 6) is 0.0722. The quantitative estimate of drug-likeness (QED) is 0.920. The molecule has 2 unspecified atom stereocenters. The van der Waals surface area contributed by atoms with Gasteiger partial charge in [-0.25, -0.2) is 0 Å². The lowest BCUT2D eigenvalue weighted by Gasteiger charge is -2.38. The zero-order valence-electron chi connectivity index (χ0n) is 11.5. The molecule has 1 aromatic carbocycles.